The Morgan fingerprint density at radius 2 is 1.68 bits per heavy atom. The van der Waals surface area contributed by atoms with Gasteiger partial charge < -0.3 is 14.8 Å². The van der Waals surface area contributed by atoms with E-state index in [2.05, 4.69) is 17.1 Å². The molecule has 7 nitrogen and oxygen atoms in total. The molecule has 6 rings (SSSR count). The fraction of sp³-hybridized carbons (Fsp3) is 0.0333. The second kappa shape index (κ2) is 9.91. The highest BCUT2D eigenvalue weighted by Gasteiger charge is 2.34. The maximum atomic E-state index is 13.7. The topological polar surface area (TPSA) is 90.8 Å². The summed E-state index contributed by atoms with van der Waals surface area (Å²) in [6.45, 7) is 0. The number of aliphatic imine (C=N–C) groups is 1. The Hall–Kier alpha value is -4.82. The van der Waals surface area contributed by atoms with E-state index in [9.17, 15) is 9.90 Å². The van der Waals surface area contributed by atoms with Crippen molar-refractivity contribution in [2.75, 3.05) is 12.0 Å². The minimum Gasteiger partial charge on any atom is -0.504 e. The number of fused-ring (bicyclic) bond motifs is 1. The van der Waals surface area contributed by atoms with E-state index < -0.39 is 0 Å². The number of hydrogen-bond acceptors (Lipinski definition) is 6. The summed E-state index contributed by atoms with van der Waals surface area (Å²) in [6.07, 6.45) is 1.67. The second-order valence-corrected chi connectivity index (χ2v) is 9.70. The minimum atomic E-state index is -0.311. The molecule has 8 heteroatoms. The van der Waals surface area contributed by atoms with Gasteiger partial charge in [0.15, 0.2) is 17.3 Å². The molecule has 0 saturated heterocycles. The number of phenolic OH excluding ortho intramolecular Hbond substituents is 1. The number of nitrogens with zero attached hydrogens (tertiary/aromatic N) is 3. The van der Waals surface area contributed by atoms with Crippen LogP contribution in [0.15, 0.2) is 118 Å². The number of anilines is 1. The van der Waals surface area contributed by atoms with Crippen LogP contribution in [0.1, 0.15) is 11.1 Å². The van der Waals surface area contributed by atoms with Crippen LogP contribution in [0.4, 0.5) is 5.95 Å². The van der Waals surface area contributed by atoms with Crippen LogP contribution in [0.5, 0.6) is 11.5 Å². The summed E-state index contributed by atoms with van der Waals surface area (Å²) in [5.74, 6) is 0.894. The van der Waals surface area contributed by atoms with E-state index in [-0.39, 0.29) is 17.4 Å². The number of nitrogens with one attached hydrogen (secondary N) is 1. The first kappa shape index (κ1) is 23.6. The molecule has 1 amide bonds. The molecular weight excluding hydrogens is 496 g/mol. The van der Waals surface area contributed by atoms with Gasteiger partial charge in [0.1, 0.15) is 5.70 Å². The third-order valence-electron chi connectivity index (χ3n) is 6.03. The molecule has 0 radical (unpaired) electrons. The number of aromatic amines is 1. The number of ether oxygens (including phenoxy) is 1. The first-order chi connectivity index (χ1) is 18.6. The highest BCUT2D eigenvalue weighted by Crippen LogP contribution is 2.33. The van der Waals surface area contributed by atoms with Crippen molar-refractivity contribution in [2.24, 2.45) is 4.99 Å². The number of benzene rings is 4. The normalized spacial score (nSPS) is 14.3. The van der Waals surface area contributed by atoms with Gasteiger partial charge in [-0.05, 0) is 54.1 Å². The van der Waals surface area contributed by atoms with Crippen LogP contribution in [0.3, 0.4) is 0 Å². The van der Waals surface area contributed by atoms with Gasteiger partial charge in [0, 0.05) is 15.4 Å². The van der Waals surface area contributed by atoms with Gasteiger partial charge in [-0.15, -0.1) is 0 Å². The smallest absolute Gasteiger partial charge is 0.285 e. The molecule has 0 saturated carbocycles. The number of imidazole rings is 1. The first-order valence-corrected chi connectivity index (χ1v) is 12.7. The predicted octanol–water partition coefficient (Wildman–Crippen LogP) is 6.26. The molecule has 38 heavy (non-hydrogen) atoms. The third kappa shape index (κ3) is 4.53. The number of carbonyl (C=O) groups excluding carboxylic acids is 1. The molecule has 4 aromatic carbocycles. The zero-order valence-corrected chi connectivity index (χ0v) is 21.1. The van der Waals surface area contributed by atoms with Crippen molar-refractivity contribution in [2.45, 2.75) is 9.79 Å². The Morgan fingerprint density at radius 1 is 0.921 bits per heavy atom. The van der Waals surface area contributed by atoms with Crippen molar-refractivity contribution in [3.63, 3.8) is 0 Å². The van der Waals surface area contributed by atoms with E-state index in [4.69, 9.17) is 14.7 Å². The Morgan fingerprint density at radius 3 is 2.45 bits per heavy atom. The van der Waals surface area contributed by atoms with Crippen molar-refractivity contribution in [1.82, 2.24) is 9.97 Å². The van der Waals surface area contributed by atoms with Gasteiger partial charge in [-0.2, -0.15) is 0 Å². The summed E-state index contributed by atoms with van der Waals surface area (Å²) >= 11 is 1.65. The lowest BCUT2D eigenvalue weighted by molar-refractivity contribution is -0.113. The van der Waals surface area contributed by atoms with Crippen molar-refractivity contribution in [3.05, 3.63) is 114 Å². The third-order valence-corrected chi connectivity index (χ3v) is 7.03. The summed E-state index contributed by atoms with van der Waals surface area (Å²) in [7, 11) is 1.48. The van der Waals surface area contributed by atoms with Gasteiger partial charge >= 0.3 is 0 Å². The van der Waals surface area contributed by atoms with Crippen LogP contribution in [0.2, 0.25) is 0 Å². The van der Waals surface area contributed by atoms with E-state index in [1.165, 1.54) is 18.1 Å². The lowest BCUT2D eigenvalue weighted by atomic mass is 10.1. The molecule has 1 aromatic heterocycles. The molecule has 5 aromatic rings. The fourth-order valence-electron chi connectivity index (χ4n) is 4.20. The molecule has 0 atom stereocenters. The summed E-state index contributed by atoms with van der Waals surface area (Å²) in [4.78, 5) is 30.2. The maximum absolute atomic E-state index is 13.7. The molecule has 2 heterocycles. The van der Waals surface area contributed by atoms with Crippen LogP contribution >= 0.6 is 11.8 Å². The number of aromatic nitrogens is 2. The number of rotatable bonds is 6. The zero-order chi connectivity index (χ0) is 26.1. The second-order valence-electron chi connectivity index (χ2n) is 8.56. The average molecular weight is 519 g/mol. The SMILES string of the molecule is COc1cc(C=C2N=C(c3ccccc3)N(c3nc4cc(Sc5ccccc5)ccc4[nH]3)C2=O)ccc1O. The van der Waals surface area contributed by atoms with Crippen molar-refractivity contribution >= 4 is 46.6 Å². The Kier molecular flexibility index (Phi) is 6.15. The fourth-order valence-corrected chi connectivity index (χ4v) is 5.07. The van der Waals surface area contributed by atoms with Gasteiger partial charge in [0.05, 0.1) is 18.1 Å². The van der Waals surface area contributed by atoms with Gasteiger partial charge in [-0.1, -0.05) is 66.4 Å². The quantitative estimate of drug-likeness (QED) is 0.259. The monoisotopic (exact) mass is 518 g/mol. The molecule has 2 N–H and O–H groups in total. The van der Waals surface area contributed by atoms with Crippen LogP contribution in [0.25, 0.3) is 17.1 Å². The lowest BCUT2D eigenvalue weighted by Gasteiger charge is -2.15. The van der Waals surface area contributed by atoms with E-state index in [1.54, 1.807) is 30.0 Å². The van der Waals surface area contributed by atoms with E-state index >= 15 is 0 Å². The van der Waals surface area contributed by atoms with E-state index in [1.807, 2.05) is 66.7 Å². The van der Waals surface area contributed by atoms with Gasteiger partial charge in [-0.25, -0.2) is 14.9 Å². The zero-order valence-electron chi connectivity index (χ0n) is 20.3. The average Bonchev–Trinajstić information content (AvgIpc) is 3.51. The van der Waals surface area contributed by atoms with Gasteiger partial charge in [-0.3, -0.25) is 4.79 Å². The highest BCUT2D eigenvalue weighted by atomic mass is 32.2. The molecular formula is C30H22N4O3S. The van der Waals surface area contributed by atoms with Crippen molar-refractivity contribution in [1.29, 1.82) is 0 Å². The van der Waals surface area contributed by atoms with Crippen LogP contribution < -0.4 is 9.64 Å². The van der Waals surface area contributed by atoms with Gasteiger partial charge in [0.2, 0.25) is 5.95 Å². The number of amidine groups is 1. The summed E-state index contributed by atoms with van der Waals surface area (Å²) in [5.41, 5.74) is 3.28. The Bertz CT molecular complexity index is 1710. The van der Waals surface area contributed by atoms with Crippen molar-refractivity contribution in [3.8, 4) is 11.5 Å². The largest absolute Gasteiger partial charge is 0.504 e. The molecule has 1 aliphatic rings. The Labute approximate surface area is 223 Å². The Balaban J connectivity index is 1.39. The van der Waals surface area contributed by atoms with E-state index in [0.29, 0.717) is 23.1 Å². The summed E-state index contributed by atoms with van der Waals surface area (Å²) in [5, 5.41) is 9.94. The lowest BCUT2D eigenvalue weighted by Crippen LogP contribution is -2.33. The first-order valence-electron chi connectivity index (χ1n) is 11.9. The minimum absolute atomic E-state index is 0.0228. The molecule has 0 unspecified atom stereocenters. The number of carbonyl (C=O) groups is 1. The van der Waals surface area contributed by atoms with Crippen LogP contribution in [-0.2, 0) is 4.79 Å². The number of hydrogen-bond donors (Lipinski definition) is 2. The number of phenols is 1. The molecule has 0 fully saturated rings. The molecule has 186 valence electrons. The number of H-pyrrole nitrogens is 1. The standard InChI is InChI=1S/C30H22N4O3S/c1-37-27-17-19(12-15-26(27)35)16-25-29(36)34(28(31-25)20-8-4-2-5-9-20)30-32-23-14-13-22(18-24(23)33-30)38-21-10-6-3-7-11-21/h2-18,35H,1H3,(H,32,33). The molecule has 1 aliphatic heterocycles. The number of methoxy groups -OCH3 is 1. The summed E-state index contributed by atoms with van der Waals surface area (Å²) < 4.78 is 5.21. The van der Waals surface area contributed by atoms with Crippen LogP contribution in [0, 0.1) is 0 Å². The van der Waals surface area contributed by atoms with Gasteiger partial charge in [0.25, 0.3) is 5.91 Å². The summed E-state index contributed by atoms with van der Waals surface area (Å²) in [6, 6.07) is 30.6. The van der Waals surface area contributed by atoms with Crippen molar-refractivity contribution < 1.29 is 14.6 Å². The van der Waals surface area contributed by atoms with Crippen LogP contribution in [-0.4, -0.2) is 33.9 Å². The molecule has 0 bridgehead atoms. The highest BCUT2D eigenvalue weighted by molar-refractivity contribution is 7.99. The van der Waals surface area contributed by atoms with E-state index in [0.717, 1.165) is 26.4 Å². The molecule has 0 aliphatic carbocycles. The molecule has 0 spiro atoms. The maximum Gasteiger partial charge on any atom is 0.285 e. The number of aromatic hydroxyl groups is 1. The number of amides is 1. The predicted molar refractivity (Wildman–Crippen MR) is 150 cm³/mol.